The number of benzene rings is 1. The van der Waals surface area contributed by atoms with Gasteiger partial charge < -0.3 is 15.7 Å². The van der Waals surface area contributed by atoms with Gasteiger partial charge in [-0.25, -0.2) is 0 Å². The summed E-state index contributed by atoms with van der Waals surface area (Å²) < 4.78 is 0. The lowest BCUT2D eigenvalue weighted by Gasteiger charge is -2.20. The fraction of sp³-hybridized carbons (Fsp3) is 0.562. The quantitative estimate of drug-likeness (QED) is 0.766. The highest BCUT2D eigenvalue weighted by atomic mass is 16.3. The van der Waals surface area contributed by atoms with Crippen LogP contribution in [-0.2, 0) is 11.2 Å². The molecule has 0 spiro atoms. The van der Waals surface area contributed by atoms with Gasteiger partial charge in [0, 0.05) is 18.8 Å². The van der Waals surface area contributed by atoms with Crippen molar-refractivity contribution >= 4 is 11.6 Å². The van der Waals surface area contributed by atoms with Gasteiger partial charge in [0.1, 0.15) is 0 Å². The van der Waals surface area contributed by atoms with Crippen molar-refractivity contribution < 1.29 is 9.90 Å². The summed E-state index contributed by atoms with van der Waals surface area (Å²) in [5, 5.41) is 15.5. The number of rotatable bonds is 5. The molecule has 0 bridgehead atoms. The molecular formula is C16H22N2O2. The summed E-state index contributed by atoms with van der Waals surface area (Å²) in [6.45, 7) is 1.08. The highest BCUT2D eigenvalue weighted by Crippen LogP contribution is 2.48. The van der Waals surface area contributed by atoms with Crippen LogP contribution in [0.2, 0.25) is 0 Å². The number of fused-ring (bicyclic) bond motifs is 1. The lowest BCUT2D eigenvalue weighted by molar-refractivity contribution is -0.118. The minimum Gasteiger partial charge on any atom is -0.396 e. The molecule has 0 saturated heterocycles. The van der Waals surface area contributed by atoms with Gasteiger partial charge in [-0.1, -0.05) is 18.2 Å². The number of carbonyl (C=O) groups excluding carboxylic acids is 1. The molecule has 1 aromatic carbocycles. The molecule has 108 valence electrons. The minimum atomic E-state index is -0.126. The van der Waals surface area contributed by atoms with Crippen LogP contribution in [0.25, 0.3) is 0 Å². The van der Waals surface area contributed by atoms with E-state index in [1.54, 1.807) is 0 Å². The number of aliphatic hydroxyl groups excluding tert-OH is 1. The lowest BCUT2D eigenvalue weighted by Crippen LogP contribution is -2.42. The molecule has 1 aliphatic carbocycles. The highest BCUT2D eigenvalue weighted by molar-refractivity contribution is 5.96. The maximum atomic E-state index is 12.2. The van der Waals surface area contributed by atoms with Crippen LogP contribution in [0.4, 0.5) is 5.69 Å². The van der Waals surface area contributed by atoms with E-state index >= 15 is 0 Å². The predicted octanol–water partition coefficient (Wildman–Crippen LogP) is 1.69. The first-order chi connectivity index (χ1) is 9.72. The average Bonchev–Trinajstić information content (AvgIpc) is 3.22. The largest absolute Gasteiger partial charge is 0.396 e. The van der Waals surface area contributed by atoms with Crippen molar-refractivity contribution in [3.8, 4) is 0 Å². The smallest absolute Gasteiger partial charge is 0.241 e. The van der Waals surface area contributed by atoms with Gasteiger partial charge >= 0.3 is 0 Å². The third-order valence-corrected chi connectivity index (χ3v) is 4.62. The molecule has 0 aromatic heterocycles. The summed E-state index contributed by atoms with van der Waals surface area (Å²) in [4.78, 5) is 12.2. The van der Waals surface area contributed by atoms with Gasteiger partial charge in [-0.05, 0) is 49.1 Å². The first kappa shape index (κ1) is 13.6. The molecule has 1 aliphatic heterocycles. The number of carbonyl (C=O) groups is 1. The highest BCUT2D eigenvalue weighted by Gasteiger charge is 2.42. The molecular weight excluding hydrogens is 252 g/mol. The van der Waals surface area contributed by atoms with E-state index in [0.717, 1.165) is 44.3 Å². The Morgan fingerprint density at radius 2 is 2.15 bits per heavy atom. The van der Waals surface area contributed by atoms with Crippen molar-refractivity contribution in [2.45, 2.75) is 38.1 Å². The summed E-state index contributed by atoms with van der Waals surface area (Å²) in [7, 11) is 0. The van der Waals surface area contributed by atoms with Crippen LogP contribution in [0.3, 0.4) is 0 Å². The molecule has 1 atom stereocenters. The number of hydrogen-bond donors (Lipinski definition) is 3. The topological polar surface area (TPSA) is 61.4 Å². The van der Waals surface area contributed by atoms with Gasteiger partial charge in [0.2, 0.25) is 5.91 Å². The molecule has 1 aromatic rings. The molecule has 1 saturated carbocycles. The second-order valence-corrected chi connectivity index (χ2v) is 6.09. The van der Waals surface area contributed by atoms with E-state index < -0.39 is 0 Å². The summed E-state index contributed by atoms with van der Waals surface area (Å²) in [5.41, 5.74) is 2.40. The molecule has 4 nitrogen and oxygen atoms in total. The maximum Gasteiger partial charge on any atom is 0.241 e. The van der Waals surface area contributed by atoms with Gasteiger partial charge in [-0.2, -0.15) is 0 Å². The van der Waals surface area contributed by atoms with Crippen molar-refractivity contribution in [3.05, 3.63) is 29.8 Å². The number of para-hydroxylation sites is 1. The van der Waals surface area contributed by atoms with Crippen LogP contribution in [-0.4, -0.2) is 30.2 Å². The summed E-state index contributed by atoms with van der Waals surface area (Å²) in [6.07, 6.45) is 4.91. The molecule has 3 N–H and O–H groups in total. The van der Waals surface area contributed by atoms with Crippen LogP contribution < -0.4 is 10.6 Å². The van der Waals surface area contributed by atoms with Crippen LogP contribution in [0.1, 0.15) is 31.2 Å². The monoisotopic (exact) mass is 274 g/mol. The standard InChI is InChI=1S/C16H22N2O2/c19-10-9-16(7-8-16)11-17-14-6-5-12-3-1-2-4-13(12)18-15(14)20/h1-4,14,17,19H,5-11H2,(H,18,20). The molecule has 4 heteroatoms. The minimum absolute atomic E-state index is 0.0646. The molecule has 1 heterocycles. The molecule has 1 unspecified atom stereocenters. The fourth-order valence-corrected chi connectivity index (χ4v) is 2.97. The molecule has 2 aliphatic rings. The zero-order valence-electron chi connectivity index (χ0n) is 11.7. The number of aliphatic hydroxyl groups is 1. The Hall–Kier alpha value is -1.39. The van der Waals surface area contributed by atoms with E-state index in [0.29, 0.717) is 0 Å². The number of anilines is 1. The van der Waals surface area contributed by atoms with Gasteiger partial charge in [-0.3, -0.25) is 4.79 Å². The van der Waals surface area contributed by atoms with Crippen molar-refractivity contribution in [3.63, 3.8) is 0 Å². The Bertz CT molecular complexity index is 497. The van der Waals surface area contributed by atoms with E-state index in [4.69, 9.17) is 5.11 Å². The van der Waals surface area contributed by atoms with E-state index in [-0.39, 0.29) is 24.0 Å². The second kappa shape index (κ2) is 5.54. The third-order valence-electron chi connectivity index (χ3n) is 4.62. The first-order valence-corrected chi connectivity index (χ1v) is 7.45. The summed E-state index contributed by atoms with van der Waals surface area (Å²) in [5.74, 6) is 0.0646. The van der Waals surface area contributed by atoms with E-state index in [9.17, 15) is 4.79 Å². The molecule has 1 amide bonds. The number of nitrogens with one attached hydrogen (secondary N) is 2. The van der Waals surface area contributed by atoms with Gasteiger partial charge in [0.15, 0.2) is 0 Å². The molecule has 1 fully saturated rings. The summed E-state index contributed by atoms with van der Waals surface area (Å²) in [6, 6.07) is 7.88. The first-order valence-electron chi connectivity index (χ1n) is 7.45. The van der Waals surface area contributed by atoms with E-state index in [1.807, 2.05) is 18.2 Å². The maximum absolute atomic E-state index is 12.2. The Balaban J connectivity index is 1.60. The second-order valence-electron chi connectivity index (χ2n) is 6.09. The number of hydrogen-bond acceptors (Lipinski definition) is 3. The molecule has 20 heavy (non-hydrogen) atoms. The average molecular weight is 274 g/mol. The Kier molecular flexibility index (Phi) is 3.76. The van der Waals surface area contributed by atoms with Crippen LogP contribution >= 0.6 is 0 Å². The van der Waals surface area contributed by atoms with Crippen LogP contribution in [0.15, 0.2) is 24.3 Å². The normalized spacial score (nSPS) is 23.6. The molecule has 3 rings (SSSR count). The SMILES string of the molecule is O=C1Nc2ccccc2CCC1NCC1(CCO)CC1. The summed E-state index contributed by atoms with van der Waals surface area (Å²) >= 11 is 0. The Morgan fingerprint density at radius 3 is 2.90 bits per heavy atom. The van der Waals surface area contributed by atoms with Crippen LogP contribution in [0.5, 0.6) is 0 Å². The third kappa shape index (κ3) is 2.86. The van der Waals surface area contributed by atoms with E-state index in [2.05, 4.69) is 16.7 Å². The van der Waals surface area contributed by atoms with Crippen LogP contribution in [0, 0.1) is 5.41 Å². The van der Waals surface area contributed by atoms with Gasteiger partial charge in [0.25, 0.3) is 0 Å². The number of amides is 1. The lowest BCUT2D eigenvalue weighted by atomic mass is 10.0. The zero-order chi connectivity index (χ0) is 14.0. The van der Waals surface area contributed by atoms with Crippen molar-refractivity contribution in [2.24, 2.45) is 5.41 Å². The fourth-order valence-electron chi connectivity index (χ4n) is 2.97. The van der Waals surface area contributed by atoms with Crippen molar-refractivity contribution in [2.75, 3.05) is 18.5 Å². The van der Waals surface area contributed by atoms with Crippen molar-refractivity contribution in [1.82, 2.24) is 5.32 Å². The zero-order valence-corrected chi connectivity index (χ0v) is 11.7. The molecule has 0 radical (unpaired) electrons. The Morgan fingerprint density at radius 1 is 1.35 bits per heavy atom. The predicted molar refractivity (Wildman–Crippen MR) is 78.6 cm³/mol. The Labute approximate surface area is 119 Å². The van der Waals surface area contributed by atoms with E-state index in [1.165, 1.54) is 5.56 Å². The number of aryl methyl sites for hydroxylation is 1. The van der Waals surface area contributed by atoms with Crippen molar-refractivity contribution in [1.29, 1.82) is 0 Å². The van der Waals surface area contributed by atoms with Gasteiger partial charge in [-0.15, -0.1) is 0 Å². The van der Waals surface area contributed by atoms with Gasteiger partial charge in [0.05, 0.1) is 6.04 Å².